The third-order valence-corrected chi connectivity index (χ3v) is 7.29. The van der Waals surface area contributed by atoms with Gasteiger partial charge in [-0.05, 0) is 76.2 Å². The van der Waals surface area contributed by atoms with Gasteiger partial charge in [-0.3, -0.25) is 0 Å². The van der Waals surface area contributed by atoms with Gasteiger partial charge in [-0.15, -0.1) is 0 Å². The molecule has 4 aromatic carbocycles. The Hall–Kier alpha value is -3.84. The highest BCUT2D eigenvalue weighted by molar-refractivity contribution is 5.86. The molecule has 3 aliphatic rings. The van der Waals surface area contributed by atoms with E-state index in [1.807, 2.05) is 36.4 Å². The van der Waals surface area contributed by atoms with Gasteiger partial charge >= 0.3 is 0 Å². The van der Waals surface area contributed by atoms with Crippen molar-refractivity contribution in [3.8, 4) is 39.5 Å². The molecule has 4 aromatic rings. The molecular formula is C34H32O6. The Morgan fingerprint density at radius 1 is 0.525 bits per heavy atom. The number of ether oxygens (including phenoxy) is 6. The molecule has 0 radical (unpaired) electrons. The van der Waals surface area contributed by atoms with Crippen LogP contribution in [0.2, 0.25) is 0 Å². The average molecular weight is 537 g/mol. The lowest BCUT2D eigenvalue weighted by Gasteiger charge is -2.17. The van der Waals surface area contributed by atoms with Crippen molar-refractivity contribution in [1.82, 2.24) is 0 Å². The van der Waals surface area contributed by atoms with Crippen molar-refractivity contribution in [2.45, 2.75) is 24.7 Å². The minimum Gasteiger partial charge on any atom is -0.491 e. The lowest BCUT2D eigenvalue weighted by Crippen LogP contribution is -2.04. The molecule has 0 spiro atoms. The molecule has 3 heterocycles. The second-order valence-corrected chi connectivity index (χ2v) is 10.5. The first kappa shape index (κ1) is 25.1. The molecular weight excluding hydrogens is 504 g/mol. The van der Waals surface area contributed by atoms with E-state index in [2.05, 4.69) is 54.6 Å². The maximum Gasteiger partial charge on any atom is 0.119 e. The average Bonchev–Trinajstić information content (AvgIpc) is 3.85. The summed E-state index contributed by atoms with van der Waals surface area (Å²) in [6.45, 7) is 4.17. The largest absolute Gasteiger partial charge is 0.491 e. The SMILES string of the molecule is c1cc(Cc2ccc(OCC3CO3)cc2)c(-c2ccc(OCC3CO3)cc2)c(-c2ccc(OCC3CO3)cc2)c1. The molecule has 40 heavy (non-hydrogen) atoms. The van der Waals surface area contributed by atoms with Crippen LogP contribution in [0.3, 0.4) is 0 Å². The number of hydrogen-bond acceptors (Lipinski definition) is 6. The van der Waals surface area contributed by atoms with E-state index in [4.69, 9.17) is 28.4 Å². The fourth-order valence-corrected chi connectivity index (χ4v) is 4.76. The normalized spacial score (nSPS) is 20.6. The van der Waals surface area contributed by atoms with Crippen LogP contribution in [0.25, 0.3) is 22.3 Å². The van der Waals surface area contributed by atoms with Crippen molar-refractivity contribution < 1.29 is 28.4 Å². The standard InChI is InChI=1S/C34H32O6/c1-2-26(16-23-4-10-27(11-5-23)35-17-30-20-38-30)34(25-8-14-29(15-9-25)37-19-32-22-40-32)33(3-1)24-6-12-28(13-7-24)36-18-31-21-39-31/h1-15,30-32H,16-22H2. The van der Waals surface area contributed by atoms with Gasteiger partial charge in [-0.2, -0.15) is 0 Å². The highest BCUT2D eigenvalue weighted by atomic mass is 16.6. The third kappa shape index (κ3) is 6.48. The summed E-state index contributed by atoms with van der Waals surface area (Å²) in [5, 5.41) is 0. The van der Waals surface area contributed by atoms with Gasteiger partial charge in [0.2, 0.25) is 0 Å². The minimum absolute atomic E-state index is 0.231. The molecule has 0 aromatic heterocycles. The van der Waals surface area contributed by atoms with Crippen LogP contribution in [0.4, 0.5) is 0 Å². The summed E-state index contributed by atoms with van der Waals surface area (Å²) >= 11 is 0. The summed E-state index contributed by atoms with van der Waals surface area (Å²) in [6.07, 6.45) is 1.51. The number of hydrogen-bond donors (Lipinski definition) is 0. The molecule has 204 valence electrons. The van der Waals surface area contributed by atoms with Crippen LogP contribution < -0.4 is 14.2 Å². The van der Waals surface area contributed by atoms with E-state index in [9.17, 15) is 0 Å². The fraction of sp³-hybridized carbons (Fsp3) is 0.294. The smallest absolute Gasteiger partial charge is 0.119 e. The van der Waals surface area contributed by atoms with Gasteiger partial charge < -0.3 is 28.4 Å². The van der Waals surface area contributed by atoms with Crippen LogP contribution in [0, 0.1) is 0 Å². The summed E-state index contributed by atoms with van der Waals surface area (Å²) in [5.74, 6) is 2.58. The van der Waals surface area contributed by atoms with E-state index < -0.39 is 0 Å². The summed E-state index contributed by atoms with van der Waals surface area (Å²) in [4.78, 5) is 0. The molecule has 7 rings (SSSR count). The predicted octanol–water partition coefficient (Wildman–Crippen LogP) is 5.94. The van der Waals surface area contributed by atoms with Gasteiger partial charge in [0, 0.05) is 0 Å². The molecule has 0 N–H and O–H groups in total. The Balaban J connectivity index is 1.16. The molecule has 3 aliphatic heterocycles. The van der Waals surface area contributed by atoms with Crippen LogP contribution in [0.5, 0.6) is 17.2 Å². The van der Waals surface area contributed by atoms with Gasteiger partial charge in [-0.1, -0.05) is 54.6 Å². The van der Waals surface area contributed by atoms with E-state index in [1.54, 1.807) is 0 Å². The molecule has 6 heteroatoms. The van der Waals surface area contributed by atoms with Crippen LogP contribution in [-0.2, 0) is 20.6 Å². The van der Waals surface area contributed by atoms with Gasteiger partial charge in [0.15, 0.2) is 0 Å². The Kier molecular flexibility index (Phi) is 7.13. The van der Waals surface area contributed by atoms with Gasteiger partial charge in [0.25, 0.3) is 0 Å². The highest BCUT2D eigenvalue weighted by Gasteiger charge is 2.24. The van der Waals surface area contributed by atoms with Crippen molar-refractivity contribution in [3.05, 3.63) is 102 Å². The van der Waals surface area contributed by atoms with Gasteiger partial charge in [0.1, 0.15) is 55.4 Å². The molecule has 3 fully saturated rings. The van der Waals surface area contributed by atoms with E-state index in [0.717, 1.165) is 54.6 Å². The maximum atomic E-state index is 5.90. The van der Waals surface area contributed by atoms with Crippen LogP contribution in [-0.4, -0.2) is 58.0 Å². The zero-order valence-electron chi connectivity index (χ0n) is 22.3. The Bertz CT molecular complexity index is 1420. The fourth-order valence-electron chi connectivity index (χ4n) is 4.76. The lowest BCUT2D eigenvalue weighted by atomic mass is 9.88. The molecule has 3 unspecified atom stereocenters. The van der Waals surface area contributed by atoms with Gasteiger partial charge in [0.05, 0.1) is 19.8 Å². The first-order valence-corrected chi connectivity index (χ1v) is 13.9. The van der Waals surface area contributed by atoms with Crippen molar-refractivity contribution >= 4 is 0 Å². The second-order valence-electron chi connectivity index (χ2n) is 10.5. The van der Waals surface area contributed by atoms with Crippen molar-refractivity contribution in [2.24, 2.45) is 0 Å². The summed E-state index contributed by atoms with van der Waals surface area (Å²) in [6, 6.07) is 31.7. The third-order valence-electron chi connectivity index (χ3n) is 7.29. The summed E-state index contributed by atoms with van der Waals surface area (Å²) < 4.78 is 33.4. The van der Waals surface area contributed by atoms with Crippen molar-refractivity contribution in [2.75, 3.05) is 39.6 Å². The molecule has 3 atom stereocenters. The number of rotatable bonds is 13. The second kappa shape index (κ2) is 11.3. The zero-order valence-corrected chi connectivity index (χ0v) is 22.3. The summed E-state index contributed by atoms with van der Waals surface area (Å²) in [7, 11) is 0. The molecule has 6 nitrogen and oxygen atoms in total. The van der Waals surface area contributed by atoms with Crippen molar-refractivity contribution in [3.63, 3.8) is 0 Å². The van der Waals surface area contributed by atoms with E-state index in [0.29, 0.717) is 19.8 Å². The highest BCUT2D eigenvalue weighted by Crippen LogP contribution is 2.37. The first-order valence-electron chi connectivity index (χ1n) is 13.9. The summed E-state index contributed by atoms with van der Waals surface area (Å²) in [5.41, 5.74) is 7.16. The van der Waals surface area contributed by atoms with E-state index in [-0.39, 0.29) is 18.3 Å². The Labute approximate surface area is 234 Å². The van der Waals surface area contributed by atoms with Gasteiger partial charge in [-0.25, -0.2) is 0 Å². The van der Waals surface area contributed by atoms with Crippen LogP contribution >= 0.6 is 0 Å². The molecule has 0 aliphatic carbocycles. The van der Waals surface area contributed by atoms with E-state index in [1.165, 1.54) is 22.3 Å². The molecule has 3 saturated heterocycles. The van der Waals surface area contributed by atoms with E-state index >= 15 is 0 Å². The van der Waals surface area contributed by atoms with Crippen LogP contribution in [0.1, 0.15) is 11.1 Å². The lowest BCUT2D eigenvalue weighted by molar-refractivity contribution is 0.263. The van der Waals surface area contributed by atoms with Crippen molar-refractivity contribution in [1.29, 1.82) is 0 Å². The Morgan fingerprint density at radius 3 is 1.45 bits per heavy atom. The maximum absolute atomic E-state index is 5.90. The first-order chi connectivity index (χ1) is 19.8. The zero-order chi connectivity index (χ0) is 26.7. The monoisotopic (exact) mass is 536 g/mol. The minimum atomic E-state index is 0.231. The molecule has 0 saturated carbocycles. The topological polar surface area (TPSA) is 65.3 Å². The number of epoxide rings is 3. The molecule has 0 amide bonds. The number of benzene rings is 4. The quantitative estimate of drug-likeness (QED) is 0.197. The predicted molar refractivity (Wildman–Crippen MR) is 152 cm³/mol. The molecule has 0 bridgehead atoms. The Morgan fingerprint density at radius 2 is 0.975 bits per heavy atom. The van der Waals surface area contributed by atoms with Crippen LogP contribution in [0.15, 0.2) is 91.0 Å².